The molecule has 1 atom stereocenters. The summed E-state index contributed by atoms with van der Waals surface area (Å²) in [6, 6.07) is 7.61. The molecule has 3 aliphatic rings. The number of halogens is 2. The predicted molar refractivity (Wildman–Crippen MR) is 153 cm³/mol. The highest BCUT2D eigenvalue weighted by Crippen LogP contribution is 2.36. The van der Waals surface area contributed by atoms with Gasteiger partial charge in [-0.3, -0.25) is 19.4 Å². The van der Waals surface area contributed by atoms with Gasteiger partial charge in [-0.15, -0.1) is 0 Å². The van der Waals surface area contributed by atoms with Gasteiger partial charge in [0, 0.05) is 55.9 Å². The van der Waals surface area contributed by atoms with Crippen LogP contribution >= 0.6 is 11.6 Å². The highest BCUT2D eigenvalue weighted by atomic mass is 35.5. The molecule has 12 heteroatoms. The van der Waals surface area contributed by atoms with E-state index in [1.807, 2.05) is 0 Å². The first-order chi connectivity index (χ1) is 19.9. The molecule has 2 aliphatic heterocycles. The SMILES string of the molecule is O=C(/C=C/CN1CCN2CCOC(=O)C2C1)Nc1cc2c(Nc3ccc(F)c(Cl)c3)ncnc2cc1OCC1CC1. The number of fused-ring (bicyclic) bond motifs is 2. The molecule has 0 radical (unpaired) electrons. The van der Waals surface area contributed by atoms with Crippen LogP contribution in [0.4, 0.5) is 21.6 Å². The van der Waals surface area contributed by atoms with E-state index in [2.05, 4.69) is 30.4 Å². The molecule has 214 valence electrons. The third kappa shape index (κ3) is 6.58. The summed E-state index contributed by atoms with van der Waals surface area (Å²) in [6.07, 6.45) is 6.96. The van der Waals surface area contributed by atoms with Crippen molar-refractivity contribution in [3.63, 3.8) is 0 Å². The van der Waals surface area contributed by atoms with E-state index in [-0.39, 0.29) is 22.9 Å². The maximum atomic E-state index is 13.7. The minimum atomic E-state index is -0.515. The number of ether oxygens (including phenoxy) is 2. The standard InChI is InChI=1S/C29H30ClFN6O4/c30-21-12-19(5-6-22(21)31)34-28-20-13-24(26(41-16-18-3-4-18)14-23(20)32-17-33-28)35-27(38)2-1-7-36-8-9-37-10-11-40-29(39)25(37)15-36/h1-2,5-6,12-14,17-18,25H,3-4,7-11,15-16H2,(H,35,38)(H,32,33,34)/b2-1+. The minimum absolute atomic E-state index is 0.00980. The Kier molecular flexibility index (Phi) is 8.00. The quantitative estimate of drug-likeness (QED) is 0.287. The molecule has 2 saturated heterocycles. The van der Waals surface area contributed by atoms with Crippen molar-refractivity contribution in [3.05, 3.63) is 59.7 Å². The van der Waals surface area contributed by atoms with Gasteiger partial charge in [0.1, 0.15) is 36.4 Å². The van der Waals surface area contributed by atoms with Gasteiger partial charge in [-0.2, -0.15) is 0 Å². The molecular formula is C29H30ClFN6O4. The lowest BCUT2D eigenvalue weighted by molar-refractivity contribution is -0.160. The first-order valence-electron chi connectivity index (χ1n) is 13.7. The van der Waals surface area contributed by atoms with E-state index in [0.29, 0.717) is 66.1 Å². The summed E-state index contributed by atoms with van der Waals surface area (Å²) in [5.74, 6) is 0.498. The number of rotatable bonds is 9. The summed E-state index contributed by atoms with van der Waals surface area (Å²) >= 11 is 5.95. The number of anilines is 3. The van der Waals surface area contributed by atoms with Gasteiger partial charge in [-0.25, -0.2) is 14.4 Å². The average molecular weight is 581 g/mol. The van der Waals surface area contributed by atoms with Crippen LogP contribution in [0, 0.1) is 11.7 Å². The maximum Gasteiger partial charge on any atom is 0.324 e. The van der Waals surface area contributed by atoms with Gasteiger partial charge in [-0.1, -0.05) is 17.7 Å². The number of hydrogen-bond donors (Lipinski definition) is 2. The Morgan fingerprint density at radius 1 is 1.20 bits per heavy atom. The van der Waals surface area contributed by atoms with Gasteiger partial charge in [0.25, 0.3) is 0 Å². The van der Waals surface area contributed by atoms with Gasteiger partial charge in [0.15, 0.2) is 0 Å². The third-order valence-electron chi connectivity index (χ3n) is 7.45. The lowest BCUT2D eigenvalue weighted by Gasteiger charge is -2.41. The van der Waals surface area contributed by atoms with Crippen molar-refractivity contribution >= 4 is 51.6 Å². The second-order valence-corrected chi connectivity index (χ2v) is 10.9. The molecule has 1 aliphatic carbocycles. The molecule has 3 aromatic rings. The van der Waals surface area contributed by atoms with E-state index in [1.54, 1.807) is 24.3 Å². The fourth-order valence-electron chi connectivity index (χ4n) is 4.98. The molecule has 1 unspecified atom stereocenters. The number of nitrogens with one attached hydrogen (secondary N) is 2. The van der Waals surface area contributed by atoms with E-state index in [4.69, 9.17) is 21.1 Å². The van der Waals surface area contributed by atoms with Gasteiger partial charge in [0.05, 0.1) is 22.8 Å². The highest BCUT2D eigenvalue weighted by Gasteiger charge is 2.35. The normalized spacial score (nSPS) is 19.7. The zero-order valence-electron chi connectivity index (χ0n) is 22.3. The van der Waals surface area contributed by atoms with Crippen molar-refractivity contribution in [3.8, 4) is 5.75 Å². The predicted octanol–water partition coefficient (Wildman–Crippen LogP) is 3.99. The van der Waals surface area contributed by atoms with Crippen LogP contribution in [0.2, 0.25) is 5.02 Å². The Labute approximate surface area is 241 Å². The van der Waals surface area contributed by atoms with Crippen molar-refractivity contribution in [2.45, 2.75) is 18.9 Å². The number of morpholine rings is 1. The zero-order valence-corrected chi connectivity index (χ0v) is 23.1. The van der Waals surface area contributed by atoms with Crippen LogP contribution in [0.5, 0.6) is 5.75 Å². The number of piperazine rings is 1. The summed E-state index contributed by atoms with van der Waals surface area (Å²) in [6.45, 7) is 4.49. The zero-order chi connectivity index (χ0) is 28.3. The van der Waals surface area contributed by atoms with E-state index >= 15 is 0 Å². The van der Waals surface area contributed by atoms with Crippen molar-refractivity contribution in [2.75, 3.05) is 56.6 Å². The van der Waals surface area contributed by atoms with E-state index in [1.165, 1.54) is 24.5 Å². The fourth-order valence-corrected chi connectivity index (χ4v) is 5.16. The number of aromatic nitrogens is 2. The van der Waals surface area contributed by atoms with Crippen LogP contribution < -0.4 is 15.4 Å². The molecule has 3 heterocycles. The Balaban J connectivity index is 1.18. The third-order valence-corrected chi connectivity index (χ3v) is 7.74. The van der Waals surface area contributed by atoms with Crippen LogP contribution in [0.1, 0.15) is 12.8 Å². The maximum absolute atomic E-state index is 13.7. The first-order valence-corrected chi connectivity index (χ1v) is 14.0. The highest BCUT2D eigenvalue weighted by molar-refractivity contribution is 6.31. The number of nitrogens with zero attached hydrogens (tertiary/aromatic N) is 4. The number of benzene rings is 2. The smallest absolute Gasteiger partial charge is 0.324 e. The van der Waals surface area contributed by atoms with Gasteiger partial charge in [-0.05, 0) is 43.0 Å². The molecule has 2 N–H and O–H groups in total. The van der Waals surface area contributed by atoms with Gasteiger partial charge in [0.2, 0.25) is 5.91 Å². The Morgan fingerprint density at radius 3 is 2.90 bits per heavy atom. The lowest BCUT2D eigenvalue weighted by atomic mass is 10.1. The molecule has 1 saturated carbocycles. The van der Waals surface area contributed by atoms with Crippen molar-refractivity contribution in [1.29, 1.82) is 0 Å². The molecule has 1 amide bonds. The van der Waals surface area contributed by atoms with Gasteiger partial charge < -0.3 is 20.1 Å². The fraction of sp³-hybridized carbons (Fsp3) is 0.379. The van der Waals surface area contributed by atoms with E-state index < -0.39 is 5.82 Å². The Bertz CT molecular complexity index is 1500. The Morgan fingerprint density at radius 2 is 2.07 bits per heavy atom. The summed E-state index contributed by atoms with van der Waals surface area (Å²) in [7, 11) is 0. The van der Waals surface area contributed by atoms with Crippen LogP contribution in [-0.2, 0) is 14.3 Å². The minimum Gasteiger partial charge on any atom is -0.491 e. The van der Waals surface area contributed by atoms with Crippen LogP contribution in [0.15, 0.2) is 48.8 Å². The van der Waals surface area contributed by atoms with Crippen LogP contribution in [0.25, 0.3) is 10.9 Å². The van der Waals surface area contributed by atoms with Crippen molar-refractivity contribution in [2.24, 2.45) is 5.92 Å². The molecule has 1 aromatic heterocycles. The van der Waals surface area contributed by atoms with Crippen LogP contribution in [0.3, 0.4) is 0 Å². The monoisotopic (exact) mass is 580 g/mol. The average Bonchev–Trinajstić information content (AvgIpc) is 3.79. The number of esters is 1. The lowest BCUT2D eigenvalue weighted by Crippen LogP contribution is -2.60. The van der Waals surface area contributed by atoms with Gasteiger partial charge >= 0.3 is 5.97 Å². The molecule has 10 nitrogen and oxygen atoms in total. The summed E-state index contributed by atoms with van der Waals surface area (Å²) in [4.78, 5) is 38.1. The number of cyclic esters (lactones) is 1. The largest absolute Gasteiger partial charge is 0.491 e. The first kappa shape index (κ1) is 27.4. The molecule has 0 spiro atoms. The molecule has 41 heavy (non-hydrogen) atoms. The summed E-state index contributed by atoms with van der Waals surface area (Å²) < 4.78 is 24.9. The number of amides is 1. The topological polar surface area (TPSA) is 109 Å². The van der Waals surface area contributed by atoms with E-state index in [0.717, 1.165) is 32.5 Å². The molecule has 0 bridgehead atoms. The second-order valence-electron chi connectivity index (χ2n) is 10.5. The van der Waals surface area contributed by atoms with Crippen molar-refractivity contribution < 1.29 is 23.5 Å². The number of carbonyl (C=O) groups is 2. The summed E-state index contributed by atoms with van der Waals surface area (Å²) in [5, 5.41) is 6.73. The molecule has 6 rings (SSSR count). The number of hydrogen-bond acceptors (Lipinski definition) is 9. The molecule has 3 fully saturated rings. The van der Waals surface area contributed by atoms with Crippen LogP contribution in [-0.4, -0.2) is 83.6 Å². The molecule has 2 aromatic carbocycles. The molecular weight excluding hydrogens is 551 g/mol. The van der Waals surface area contributed by atoms with Crippen molar-refractivity contribution in [1.82, 2.24) is 19.8 Å². The van der Waals surface area contributed by atoms with E-state index in [9.17, 15) is 14.0 Å². The number of carbonyl (C=O) groups excluding carboxylic acids is 2. The Hall–Kier alpha value is -3.80. The summed E-state index contributed by atoms with van der Waals surface area (Å²) in [5.41, 5.74) is 1.66. The second kappa shape index (κ2) is 12.0.